The Hall–Kier alpha value is -3.04. The van der Waals surface area contributed by atoms with Crippen LogP contribution in [-0.4, -0.2) is 47.4 Å². The number of ether oxygens (including phenoxy) is 2. The van der Waals surface area contributed by atoms with Gasteiger partial charge in [0.2, 0.25) is 11.7 Å². The SMILES string of the molecule is COc1cc(OCC(=O)N(Cc2ccc(Cl)c(Cl)c2)C(C)C(=O)NC2CCCC2)ccc1[N+](=O)[O-]. The zero-order chi connectivity index (χ0) is 25.5. The van der Waals surface area contributed by atoms with Crippen LogP contribution < -0.4 is 14.8 Å². The van der Waals surface area contributed by atoms with Crippen LogP contribution in [0.15, 0.2) is 36.4 Å². The quantitative estimate of drug-likeness (QED) is 0.354. The van der Waals surface area contributed by atoms with Crippen LogP contribution in [0.2, 0.25) is 10.0 Å². The molecule has 9 nitrogen and oxygen atoms in total. The van der Waals surface area contributed by atoms with E-state index in [1.54, 1.807) is 25.1 Å². The van der Waals surface area contributed by atoms with Gasteiger partial charge >= 0.3 is 5.69 Å². The molecule has 1 aliphatic rings. The molecule has 1 fully saturated rings. The van der Waals surface area contributed by atoms with E-state index in [0.717, 1.165) is 25.7 Å². The van der Waals surface area contributed by atoms with Crippen LogP contribution in [-0.2, 0) is 16.1 Å². The van der Waals surface area contributed by atoms with Gasteiger partial charge in [-0.25, -0.2) is 0 Å². The van der Waals surface area contributed by atoms with Gasteiger partial charge in [0.05, 0.1) is 22.1 Å². The Labute approximate surface area is 213 Å². The fourth-order valence-electron chi connectivity index (χ4n) is 3.94. The van der Waals surface area contributed by atoms with E-state index >= 15 is 0 Å². The lowest BCUT2D eigenvalue weighted by Gasteiger charge is -2.29. The van der Waals surface area contributed by atoms with Crippen LogP contribution in [0.1, 0.15) is 38.2 Å². The molecule has 35 heavy (non-hydrogen) atoms. The highest BCUT2D eigenvalue weighted by molar-refractivity contribution is 6.42. The predicted molar refractivity (Wildman–Crippen MR) is 132 cm³/mol. The van der Waals surface area contributed by atoms with E-state index in [1.165, 1.54) is 30.2 Å². The second-order valence-corrected chi connectivity index (χ2v) is 9.13. The van der Waals surface area contributed by atoms with Crippen molar-refractivity contribution >= 4 is 40.7 Å². The molecule has 2 aromatic rings. The molecular formula is C24H27Cl2N3O6. The molecule has 0 bridgehead atoms. The van der Waals surface area contributed by atoms with Gasteiger partial charge in [0.25, 0.3) is 5.91 Å². The largest absolute Gasteiger partial charge is 0.490 e. The Balaban J connectivity index is 1.76. The first kappa shape index (κ1) is 26.6. The van der Waals surface area contributed by atoms with Gasteiger partial charge < -0.3 is 19.7 Å². The summed E-state index contributed by atoms with van der Waals surface area (Å²) in [4.78, 5) is 38.1. The number of benzene rings is 2. The number of nitro benzene ring substituents is 1. The Morgan fingerprint density at radius 1 is 1.17 bits per heavy atom. The molecule has 1 atom stereocenters. The minimum absolute atomic E-state index is 0.0110. The zero-order valence-electron chi connectivity index (χ0n) is 19.5. The lowest BCUT2D eigenvalue weighted by molar-refractivity contribution is -0.385. The first-order valence-electron chi connectivity index (χ1n) is 11.2. The summed E-state index contributed by atoms with van der Waals surface area (Å²) in [5.74, 6) is -0.458. The average molecular weight is 524 g/mol. The molecular weight excluding hydrogens is 497 g/mol. The molecule has 0 heterocycles. The summed E-state index contributed by atoms with van der Waals surface area (Å²) in [5, 5.41) is 14.8. The highest BCUT2D eigenvalue weighted by Gasteiger charge is 2.29. The zero-order valence-corrected chi connectivity index (χ0v) is 21.0. The molecule has 1 unspecified atom stereocenters. The third-order valence-electron chi connectivity index (χ3n) is 5.92. The number of carbonyl (C=O) groups is 2. The van der Waals surface area contributed by atoms with Gasteiger partial charge in [0, 0.05) is 24.7 Å². The molecule has 0 aromatic heterocycles. The maximum absolute atomic E-state index is 13.2. The summed E-state index contributed by atoms with van der Waals surface area (Å²) in [6.45, 7) is 1.39. The summed E-state index contributed by atoms with van der Waals surface area (Å²) in [7, 11) is 1.31. The number of hydrogen-bond acceptors (Lipinski definition) is 6. The second kappa shape index (κ2) is 12.1. The van der Waals surface area contributed by atoms with Crippen molar-refractivity contribution in [3.63, 3.8) is 0 Å². The number of nitrogens with zero attached hydrogens (tertiary/aromatic N) is 2. The molecule has 1 aliphatic carbocycles. The van der Waals surface area contributed by atoms with Gasteiger partial charge in [0.15, 0.2) is 6.61 Å². The molecule has 0 radical (unpaired) electrons. The minimum Gasteiger partial charge on any atom is -0.490 e. The van der Waals surface area contributed by atoms with E-state index in [4.69, 9.17) is 32.7 Å². The number of nitrogens with one attached hydrogen (secondary N) is 1. The Morgan fingerprint density at radius 2 is 1.89 bits per heavy atom. The van der Waals surface area contributed by atoms with Crippen LogP contribution in [0.3, 0.4) is 0 Å². The van der Waals surface area contributed by atoms with E-state index in [0.29, 0.717) is 15.6 Å². The molecule has 0 spiro atoms. The van der Waals surface area contributed by atoms with Crippen LogP contribution >= 0.6 is 23.2 Å². The third-order valence-corrected chi connectivity index (χ3v) is 6.66. The average Bonchev–Trinajstić information content (AvgIpc) is 3.35. The van der Waals surface area contributed by atoms with Crippen molar-refractivity contribution in [2.45, 2.75) is 51.2 Å². The van der Waals surface area contributed by atoms with Gasteiger partial charge in [-0.3, -0.25) is 19.7 Å². The van der Waals surface area contributed by atoms with Crippen LogP contribution in [0.5, 0.6) is 11.5 Å². The molecule has 1 N–H and O–H groups in total. The van der Waals surface area contributed by atoms with E-state index in [2.05, 4.69) is 5.32 Å². The summed E-state index contributed by atoms with van der Waals surface area (Å²) >= 11 is 12.1. The van der Waals surface area contributed by atoms with Gasteiger partial charge in [-0.2, -0.15) is 0 Å². The molecule has 188 valence electrons. The smallest absolute Gasteiger partial charge is 0.311 e. The Kier molecular flexibility index (Phi) is 9.17. The maximum atomic E-state index is 13.2. The number of nitro groups is 1. The second-order valence-electron chi connectivity index (χ2n) is 8.32. The lowest BCUT2D eigenvalue weighted by Crippen LogP contribution is -2.50. The van der Waals surface area contributed by atoms with Crippen molar-refractivity contribution in [2.75, 3.05) is 13.7 Å². The summed E-state index contributed by atoms with van der Waals surface area (Å²) in [6.07, 6.45) is 3.98. The van der Waals surface area contributed by atoms with Crippen LogP contribution in [0.4, 0.5) is 5.69 Å². The van der Waals surface area contributed by atoms with Crippen molar-refractivity contribution in [3.05, 3.63) is 62.1 Å². The van der Waals surface area contributed by atoms with E-state index in [9.17, 15) is 19.7 Å². The van der Waals surface area contributed by atoms with Crippen LogP contribution in [0.25, 0.3) is 0 Å². The van der Waals surface area contributed by atoms with E-state index in [1.807, 2.05) is 0 Å². The molecule has 3 rings (SSSR count). The number of halogens is 2. The molecule has 2 aromatic carbocycles. The Bertz CT molecular complexity index is 1090. The predicted octanol–water partition coefficient (Wildman–Crippen LogP) is 4.77. The normalized spacial score (nSPS) is 14.3. The van der Waals surface area contributed by atoms with Gasteiger partial charge in [-0.1, -0.05) is 42.1 Å². The van der Waals surface area contributed by atoms with Crippen molar-refractivity contribution in [1.82, 2.24) is 10.2 Å². The van der Waals surface area contributed by atoms with Gasteiger partial charge in [0.1, 0.15) is 11.8 Å². The maximum Gasteiger partial charge on any atom is 0.311 e. The molecule has 2 amide bonds. The van der Waals surface area contributed by atoms with Crippen molar-refractivity contribution in [1.29, 1.82) is 0 Å². The van der Waals surface area contributed by atoms with E-state index in [-0.39, 0.29) is 42.3 Å². The highest BCUT2D eigenvalue weighted by Crippen LogP contribution is 2.31. The van der Waals surface area contributed by atoms with Gasteiger partial charge in [-0.15, -0.1) is 0 Å². The lowest BCUT2D eigenvalue weighted by atomic mass is 10.1. The Morgan fingerprint density at radius 3 is 2.51 bits per heavy atom. The highest BCUT2D eigenvalue weighted by atomic mass is 35.5. The first-order chi connectivity index (χ1) is 16.7. The summed E-state index contributed by atoms with van der Waals surface area (Å²) in [5.41, 5.74) is 0.481. The monoisotopic (exact) mass is 523 g/mol. The number of carbonyl (C=O) groups excluding carboxylic acids is 2. The van der Waals surface area contributed by atoms with Crippen LogP contribution in [0, 0.1) is 10.1 Å². The molecule has 0 aliphatic heterocycles. The first-order valence-corrected chi connectivity index (χ1v) is 11.9. The number of amides is 2. The molecule has 11 heteroatoms. The third kappa shape index (κ3) is 6.99. The number of rotatable bonds is 10. The topological polar surface area (TPSA) is 111 Å². The van der Waals surface area contributed by atoms with Crippen molar-refractivity contribution in [2.24, 2.45) is 0 Å². The van der Waals surface area contributed by atoms with Crippen molar-refractivity contribution < 1.29 is 24.0 Å². The number of methoxy groups -OCH3 is 1. The number of hydrogen-bond donors (Lipinski definition) is 1. The van der Waals surface area contributed by atoms with Gasteiger partial charge in [-0.05, 0) is 43.5 Å². The fraction of sp³-hybridized carbons (Fsp3) is 0.417. The fourth-order valence-corrected chi connectivity index (χ4v) is 4.26. The van der Waals surface area contributed by atoms with Crippen molar-refractivity contribution in [3.8, 4) is 11.5 Å². The molecule has 1 saturated carbocycles. The minimum atomic E-state index is -0.771. The molecule has 0 saturated heterocycles. The summed E-state index contributed by atoms with van der Waals surface area (Å²) in [6, 6.07) is 8.31. The summed E-state index contributed by atoms with van der Waals surface area (Å²) < 4.78 is 10.6. The van der Waals surface area contributed by atoms with E-state index < -0.39 is 16.9 Å². The standard InChI is InChI=1S/C24H27Cl2N3O6/c1-15(24(31)27-17-5-3-4-6-17)28(13-16-7-9-19(25)20(26)11-16)23(30)14-35-18-8-10-21(29(32)33)22(12-18)34-2/h7-12,15,17H,3-6,13-14H2,1-2H3,(H,27,31).